The van der Waals surface area contributed by atoms with E-state index in [0.29, 0.717) is 16.9 Å². The average molecular weight is 525 g/mol. The number of benzene rings is 2. The maximum atomic E-state index is 12.9. The highest BCUT2D eigenvalue weighted by atomic mass is 35.5. The Morgan fingerprint density at radius 2 is 1.65 bits per heavy atom. The van der Waals surface area contributed by atoms with Gasteiger partial charge >= 0.3 is 0 Å². The summed E-state index contributed by atoms with van der Waals surface area (Å²) in [6.07, 6.45) is 0. The summed E-state index contributed by atoms with van der Waals surface area (Å²) in [5, 5.41) is 2.79. The number of rotatable bonds is 10. The Morgan fingerprint density at radius 1 is 1.00 bits per heavy atom. The lowest BCUT2D eigenvalue weighted by Gasteiger charge is -2.14. The molecule has 12 heteroatoms. The van der Waals surface area contributed by atoms with Crippen LogP contribution in [0.1, 0.15) is 15.9 Å². The molecule has 0 radical (unpaired) electrons. The van der Waals surface area contributed by atoms with E-state index in [1.165, 1.54) is 13.1 Å². The molecule has 9 nitrogen and oxygen atoms in total. The van der Waals surface area contributed by atoms with E-state index in [9.17, 15) is 13.2 Å². The van der Waals surface area contributed by atoms with Gasteiger partial charge in [0.05, 0.1) is 12.7 Å². The highest BCUT2D eigenvalue weighted by molar-refractivity contribution is 7.89. The lowest BCUT2D eigenvalue weighted by molar-refractivity contribution is 0.0945. The lowest BCUT2D eigenvalue weighted by atomic mass is 10.00. The summed E-state index contributed by atoms with van der Waals surface area (Å²) < 4.78 is 34.8. The molecule has 0 saturated heterocycles. The van der Waals surface area contributed by atoms with Crippen molar-refractivity contribution >= 4 is 39.1 Å². The number of pyridine rings is 1. The Hall–Kier alpha value is -2.89. The van der Waals surface area contributed by atoms with Crippen molar-refractivity contribution in [2.24, 2.45) is 0 Å². The van der Waals surface area contributed by atoms with Crippen LogP contribution >= 0.6 is 23.2 Å². The molecule has 1 amide bonds. The number of amides is 1. The van der Waals surface area contributed by atoms with Crippen molar-refractivity contribution in [3.8, 4) is 22.6 Å². The van der Waals surface area contributed by atoms with Gasteiger partial charge in [0.1, 0.15) is 34.3 Å². The van der Waals surface area contributed by atoms with Crippen molar-refractivity contribution in [2.45, 2.75) is 6.61 Å². The summed E-state index contributed by atoms with van der Waals surface area (Å²) in [5.74, 6) is 0.0471. The number of nitrogens with zero attached hydrogens (tertiary/aromatic N) is 1. The van der Waals surface area contributed by atoms with Crippen molar-refractivity contribution in [2.75, 3.05) is 20.0 Å². The summed E-state index contributed by atoms with van der Waals surface area (Å²) in [6, 6.07) is 15.3. The van der Waals surface area contributed by atoms with Crippen LogP contribution in [0.5, 0.6) is 11.5 Å². The number of hydrogen-bond donors (Lipinski definition) is 3. The highest BCUT2D eigenvalue weighted by Gasteiger charge is 2.18. The molecule has 0 aliphatic rings. The van der Waals surface area contributed by atoms with Crippen LogP contribution in [0, 0.1) is 0 Å². The normalized spacial score (nSPS) is 11.2. The van der Waals surface area contributed by atoms with Gasteiger partial charge in [-0.3, -0.25) is 10.2 Å². The number of sulfonamides is 1. The van der Waals surface area contributed by atoms with Crippen LogP contribution in [0.4, 0.5) is 0 Å². The molecule has 3 rings (SSSR count). The molecule has 1 aromatic heterocycles. The molecule has 2 aromatic carbocycles. The van der Waals surface area contributed by atoms with Crippen molar-refractivity contribution in [3.63, 3.8) is 0 Å². The first-order valence-corrected chi connectivity index (χ1v) is 12.3. The Kier molecular flexibility index (Phi) is 8.70. The van der Waals surface area contributed by atoms with E-state index in [1.54, 1.807) is 31.4 Å². The third-order valence-corrected chi connectivity index (χ3v) is 6.00. The van der Waals surface area contributed by atoms with E-state index in [4.69, 9.17) is 32.7 Å². The van der Waals surface area contributed by atoms with E-state index in [1.807, 2.05) is 29.1 Å². The molecule has 0 atom stereocenters. The van der Waals surface area contributed by atoms with Crippen molar-refractivity contribution < 1.29 is 22.7 Å². The van der Waals surface area contributed by atoms with Gasteiger partial charge in [-0.05, 0) is 66.2 Å². The fourth-order valence-electron chi connectivity index (χ4n) is 2.98. The van der Waals surface area contributed by atoms with Crippen LogP contribution in [-0.2, 0) is 16.6 Å². The maximum Gasteiger partial charge on any atom is 0.266 e. The Morgan fingerprint density at radius 3 is 2.26 bits per heavy atom. The van der Waals surface area contributed by atoms with Gasteiger partial charge in [0.25, 0.3) is 5.91 Å². The van der Waals surface area contributed by atoms with Crippen molar-refractivity contribution in [3.05, 3.63) is 76.0 Å². The standard InChI is InChI=1S/C22H22Cl2N4O5S/c1-25-13-34(30,31)28-27-22(29)19-11-17(33-12-14-3-5-16(32-2)6-4-14)7-8-18(19)15-9-20(23)26-21(24)10-15/h3-11,25,28H,12-13H2,1-2H3,(H,27,29). The van der Waals surface area contributed by atoms with Gasteiger partial charge in [-0.25, -0.2) is 13.4 Å². The third-order valence-electron chi connectivity index (χ3n) is 4.53. The van der Waals surface area contributed by atoms with Gasteiger partial charge in [0.15, 0.2) is 0 Å². The SMILES string of the molecule is CNCS(=O)(=O)NNC(=O)c1cc(OCc2ccc(OC)cc2)ccc1-c1cc(Cl)nc(Cl)c1. The molecule has 34 heavy (non-hydrogen) atoms. The predicted octanol–water partition coefficient (Wildman–Crippen LogP) is 3.38. The fraction of sp³-hybridized carbons (Fsp3) is 0.182. The van der Waals surface area contributed by atoms with Gasteiger partial charge < -0.3 is 14.8 Å². The van der Waals surface area contributed by atoms with Gasteiger partial charge in [-0.2, -0.15) is 0 Å². The molecule has 0 aliphatic carbocycles. The van der Waals surface area contributed by atoms with Gasteiger partial charge in [-0.1, -0.05) is 35.3 Å². The molecule has 0 aliphatic heterocycles. The van der Waals surface area contributed by atoms with Crippen LogP contribution in [0.2, 0.25) is 10.3 Å². The maximum absolute atomic E-state index is 12.9. The number of halogens is 2. The van der Waals surface area contributed by atoms with Gasteiger partial charge in [-0.15, -0.1) is 4.83 Å². The first-order chi connectivity index (χ1) is 16.2. The topological polar surface area (TPSA) is 119 Å². The second-order valence-corrected chi connectivity index (χ2v) is 9.51. The zero-order chi connectivity index (χ0) is 24.7. The average Bonchev–Trinajstić information content (AvgIpc) is 2.81. The first-order valence-electron chi connectivity index (χ1n) is 9.88. The third kappa shape index (κ3) is 7.05. The minimum absolute atomic E-state index is 0.137. The van der Waals surface area contributed by atoms with E-state index < -0.39 is 15.9 Å². The van der Waals surface area contributed by atoms with Gasteiger partial charge in [0.2, 0.25) is 10.0 Å². The minimum Gasteiger partial charge on any atom is -0.497 e. The van der Waals surface area contributed by atoms with E-state index in [-0.39, 0.29) is 28.4 Å². The summed E-state index contributed by atoms with van der Waals surface area (Å²) in [6.45, 7) is 0.242. The second-order valence-electron chi connectivity index (χ2n) is 7.01. The second kappa shape index (κ2) is 11.5. The molecule has 180 valence electrons. The highest BCUT2D eigenvalue weighted by Crippen LogP contribution is 2.31. The Balaban J connectivity index is 1.90. The van der Waals surface area contributed by atoms with Crippen LogP contribution in [0.15, 0.2) is 54.6 Å². The van der Waals surface area contributed by atoms with E-state index in [2.05, 4.69) is 15.7 Å². The molecule has 1 heterocycles. The van der Waals surface area contributed by atoms with E-state index in [0.717, 1.165) is 11.3 Å². The molecule has 0 bridgehead atoms. The van der Waals surface area contributed by atoms with Crippen LogP contribution in [-0.4, -0.2) is 39.3 Å². The number of hydrazine groups is 1. The van der Waals surface area contributed by atoms with Crippen molar-refractivity contribution in [1.82, 2.24) is 20.6 Å². The first kappa shape index (κ1) is 25.7. The Bertz CT molecular complexity index is 1250. The van der Waals surface area contributed by atoms with Crippen molar-refractivity contribution in [1.29, 1.82) is 0 Å². The van der Waals surface area contributed by atoms with Crippen LogP contribution in [0.3, 0.4) is 0 Å². The number of carbonyl (C=O) groups is 1. The predicted molar refractivity (Wildman–Crippen MR) is 130 cm³/mol. The molecule has 0 unspecified atom stereocenters. The molecule has 3 aromatic rings. The summed E-state index contributed by atoms with van der Waals surface area (Å²) in [7, 11) is -0.718. The summed E-state index contributed by atoms with van der Waals surface area (Å²) >= 11 is 12.1. The molecule has 0 spiro atoms. The summed E-state index contributed by atoms with van der Waals surface area (Å²) in [4.78, 5) is 18.9. The molecular formula is C22H22Cl2N4O5S. The van der Waals surface area contributed by atoms with Crippen LogP contribution in [0.25, 0.3) is 11.1 Å². The van der Waals surface area contributed by atoms with E-state index >= 15 is 0 Å². The number of aromatic nitrogens is 1. The Labute approximate surface area is 207 Å². The molecule has 3 N–H and O–H groups in total. The quantitative estimate of drug-likeness (QED) is 0.274. The minimum atomic E-state index is -3.77. The summed E-state index contributed by atoms with van der Waals surface area (Å²) in [5.41, 5.74) is 4.21. The van der Waals surface area contributed by atoms with Crippen LogP contribution < -0.4 is 25.0 Å². The fourth-order valence-corrected chi connectivity index (χ4v) is 4.14. The number of methoxy groups -OCH3 is 1. The zero-order valence-electron chi connectivity index (χ0n) is 18.3. The number of ether oxygens (including phenoxy) is 2. The smallest absolute Gasteiger partial charge is 0.266 e. The number of nitrogens with one attached hydrogen (secondary N) is 3. The van der Waals surface area contributed by atoms with Gasteiger partial charge in [0, 0.05) is 0 Å². The largest absolute Gasteiger partial charge is 0.497 e. The molecular weight excluding hydrogens is 503 g/mol. The monoisotopic (exact) mass is 524 g/mol. The lowest BCUT2D eigenvalue weighted by Crippen LogP contribution is -2.44. The number of hydrogen-bond acceptors (Lipinski definition) is 7. The molecule has 0 fully saturated rings. The molecule has 0 saturated carbocycles. The zero-order valence-corrected chi connectivity index (χ0v) is 20.6. The number of carbonyl (C=O) groups excluding carboxylic acids is 1.